The molecule has 0 bridgehead atoms. The zero-order valence-corrected chi connectivity index (χ0v) is 12.4. The van der Waals surface area contributed by atoms with Gasteiger partial charge in [0, 0.05) is 18.6 Å². The molecule has 1 amide bonds. The van der Waals surface area contributed by atoms with Gasteiger partial charge in [0.05, 0.1) is 19.1 Å². The number of hydrogen-bond acceptors (Lipinski definition) is 3. The monoisotopic (exact) mass is 268 g/mol. The number of amides is 1. The summed E-state index contributed by atoms with van der Waals surface area (Å²) in [5.41, 5.74) is 0. The van der Waals surface area contributed by atoms with Gasteiger partial charge in [-0.1, -0.05) is 20.3 Å². The van der Waals surface area contributed by atoms with Crippen LogP contribution in [0.25, 0.3) is 0 Å². The quantitative estimate of drug-likeness (QED) is 0.730. The van der Waals surface area contributed by atoms with Crippen molar-refractivity contribution in [3.8, 4) is 0 Å². The number of carbonyl (C=O) groups is 1. The van der Waals surface area contributed by atoms with Crippen molar-refractivity contribution in [2.75, 3.05) is 26.3 Å². The van der Waals surface area contributed by atoms with Gasteiger partial charge in [0.2, 0.25) is 5.91 Å². The van der Waals surface area contributed by atoms with Gasteiger partial charge in [-0.2, -0.15) is 0 Å². The summed E-state index contributed by atoms with van der Waals surface area (Å²) in [4.78, 5) is 14.8. The van der Waals surface area contributed by atoms with Crippen molar-refractivity contribution in [3.63, 3.8) is 0 Å². The van der Waals surface area contributed by atoms with Crippen molar-refractivity contribution in [2.24, 2.45) is 5.92 Å². The SMILES string of the molecule is CCCCN(C(=O)C1COCC1NCCC)C1CC1. The molecule has 4 nitrogen and oxygen atoms in total. The molecule has 4 heteroatoms. The number of nitrogens with one attached hydrogen (secondary N) is 1. The van der Waals surface area contributed by atoms with Crippen LogP contribution in [0.2, 0.25) is 0 Å². The van der Waals surface area contributed by atoms with Crippen LogP contribution in [0.1, 0.15) is 46.0 Å². The molecule has 0 radical (unpaired) electrons. The highest BCUT2D eigenvalue weighted by Crippen LogP contribution is 2.30. The molecular weight excluding hydrogens is 240 g/mol. The van der Waals surface area contributed by atoms with Crippen molar-refractivity contribution in [1.82, 2.24) is 10.2 Å². The lowest BCUT2D eigenvalue weighted by Gasteiger charge is -2.28. The van der Waals surface area contributed by atoms with Gasteiger partial charge in [0.25, 0.3) is 0 Å². The molecule has 0 aromatic rings. The normalized spacial score (nSPS) is 26.6. The zero-order chi connectivity index (χ0) is 13.7. The minimum absolute atomic E-state index is 0.0315. The van der Waals surface area contributed by atoms with Gasteiger partial charge in [-0.3, -0.25) is 4.79 Å². The highest BCUT2D eigenvalue weighted by atomic mass is 16.5. The van der Waals surface area contributed by atoms with Crippen LogP contribution in [0.15, 0.2) is 0 Å². The van der Waals surface area contributed by atoms with Crippen LogP contribution in [0.3, 0.4) is 0 Å². The Balaban J connectivity index is 1.91. The van der Waals surface area contributed by atoms with Crippen molar-refractivity contribution >= 4 is 5.91 Å². The van der Waals surface area contributed by atoms with E-state index in [1.54, 1.807) is 0 Å². The molecule has 0 spiro atoms. The van der Waals surface area contributed by atoms with Gasteiger partial charge in [-0.15, -0.1) is 0 Å². The van der Waals surface area contributed by atoms with Crippen molar-refractivity contribution in [1.29, 1.82) is 0 Å². The molecule has 1 aliphatic carbocycles. The Morgan fingerprint density at radius 3 is 2.68 bits per heavy atom. The molecule has 2 fully saturated rings. The molecule has 2 unspecified atom stereocenters. The maximum absolute atomic E-state index is 12.7. The first kappa shape index (κ1) is 14.8. The number of rotatable bonds is 8. The average Bonchev–Trinajstić information content (AvgIpc) is 3.14. The standard InChI is InChI=1S/C15H28N2O2/c1-3-5-9-17(12-6-7-12)15(18)13-10-19-11-14(13)16-8-4-2/h12-14,16H,3-11H2,1-2H3. The van der Waals surface area contributed by atoms with E-state index in [9.17, 15) is 4.79 Å². The van der Waals surface area contributed by atoms with Gasteiger partial charge in [0.15, 0.2) is 0 Å². The van der Waals surface area contributed by atoms with Crippen molar-refractivity contribution in [3.05, 3.63) is 0 Å². The highest BCUT2D eigenvalue weighted by Gasteiger charge is 2.40. The third-order valence-corrected chi connectivity index (χ3v) is 4.08. The van der Waals surface area contributed by atoms with Gasteiger partial charge in [-0.25, -0.2) is 0 Å². The second-order valence-corrected chi connectivity index (χ2v) is 5.82. The van der Waals surface area contributed by atoms with Crippen LogP contribution >= 0.6 is 0 Å². The van der Waals surface area contributed by atoms with E-state index in [1.807, 2.05) is 0 Å². The van der Waals surface area contributed by atoms with E-state index in [1.165, 1.54) is 12.8 Å². The van der Waals surface area contributed by atoms with Crippen LogP contribution < -0.4 is 5.32 Å². The molecule has 0 aromatic heterocycles. The highest BCUT2D eigenvalue weighted by molar-refractivity contribution is 5.80. The Morgan fingerprint density at radius 2 is 2.05 bits per heavy atom. The predicted molar refractivity (Wildman–Crippen MR) is 76.0 cm³/mol. The van der Waals surface area contributed by atoms with Crippen molar-refractivity contribution in [2.45, 2.75) is 58.0 Å². The molecule has 1 heterocycles. The first-order valence-electron chi connectivity index (χ1n) is 7.89. The van der Waals surface area contributed by atoms with Crippen LogP contribution in [0.5, 0.6) is 0 Å². The molecule has 1 N–H and O–H groups in total. The summed E-state index contributed by atoms with van der Waals surface area (Å²) in [6, 6.07) is 0.738. The fourth-order valence-corrected chi connectivity index (χ4v) is 2.73. The number of hydrogen-bond donors (Lipinski definition) is 1. The molecule has 2 aliphatic rings. The molecule has 1 aliphatic heterocycles. The van der Waals surface area contributed by atoms with Gasteiger partial charge >= 0.3 is 0 Å². The van der Waals surface area contributed by atoms with Crippen LogP contribution in [-0.2, 0) is 9.53 Å². The largest absolute Gasteiger partial charge is 0.379 e. The minimum Gasteiger partial charge on any atom is -0.379 e. The number of unbranched alkanes of at least 4 members (excludes halogenated alkanes) is 1. The number of nitrogens with zero attached hydrogens (tertiary/aromatic N) is 1. The second kappa shape index (κ2) is 7.25. The van der Waals surface area contributed by atoms with E-state index in [2.05, 4.69) is 24.1 Å². The molecule has 0 aromatic carbocycles. The Labute approximate surface area is 116 Å². The summed E-state index contributed by atoms with van der Waals surface area (Å²) >= 11 is 0. The summed E-state index contributed by atoms with van der Waals surface area (Å²) in [5, 5.41) is 3.46. The zero-order valence-electron chi connectivity index (χ0n) is 12.4. The lowest BCUT2D eigenvalue weighted by molar-refractivity contribution is -0.136. The molecule has 2 rings (SSSR count). The van der Waals surface area contributed by atoms with Crippen LogP contribution in [0, 0.1) is 5.92 Å². The summed E-state index contributed by atoms with van der Waals surface area (Å²) < 4.78 is 5.53. The summed E-state index contributed by atoms with van der Waals surface area (Å²) in [6.07, 6.45) is 5.74. The number of ether oxygens (including phenoxy) is 1. The molecule has 19 heavy (non-hydrogen) atoms. The molecular formula is C15H28N2O2. The third-order valence-electron chi connectivity index (χ3n) is 4.08. The Morgan fingerprint density at radius 1 is 1.26 bits per heavy atom. The van der Waals surface area contributed by atoms with Crippen LogP contribution in [0.4, 0.5) is 0 Å². The maximum Gasteiger partial charge on any atom is 0.229 e. The first-order valence-corrected chi connectivity index (χ1v) is 7.89. The summed E-state index contributed by atoms with van der Waals surface area (Å²) in [6.45, 7) is 7.50. The van der Waals surface area contributed by atoms with Crippen molar-refractivity contribution < 1.29 is 9.53 Å². The second-order valence-electron chi connectivity index (χ2n) is 5.82. The maximum atomic E-state index is 12.7. The van der Waals surface area contributed by atoms with E-state index in [4.69, 9.17) is 4.74 Å². The summed E-state index contributed by atoms with van der Waals surface area (Å²) in [7, 11) is 0. The minimum atomic E-state index is 0.0315. The smallest absolute Gasteiger partial charge is 0.229 e. The topological polar surface area (TPSA) is 41.6 Å². The molecule has 2 atom stereocenters. The fourth-order valence-electron chi connectivity index (χ4n) is 2.73. The lowest BCUT2D eigenvalue weighted by Crippen LogP contribution is -2.47. The summed E-state index contributed by atoms with van der Waals surface area (Å²) in [5.74, 6) is 0.353. The Hall–Kier alpha value is -0.610. The first-order chi connectivity index (χ1) is 9.27. The average molecular weight is 268 g/mol. The predicted octanol–water partition coefficient (Wildman–Crippen LogP) is 1.79. The molecule has 110 valence electrons. The van der Waals surface area contributed by atoms with E-state index in [0.717, 1.165) is 32.4 Å². The Kier molecular flexibility index (Phi) is 5.64. The van der Waals surface area contributed by atoms with Gasteiger partial charge in [0.1, 0.15) is 0 Å². The Bertz CT molecular complexity index is 292. The molecule has 1 saturated heterocycles. The van der Waals surface area contributed by atoms with E-state index in [-0.39, 0.29) is 12.0 Å². The lowest BCUT2D eigenvalue weighted by atomic mass is 10.0. The van der Waals surface area contributed by atoms with E-state index in [0.29, 0.717) is 25.2 Å². The fraction of sp³-hybridized carbons (Fsp3) is 0.933. The van der Waals surface area contributed by atoms with E-state index < -0.39 is 0 Å². The van der Waals surface area contributed by atoms with Gasteiger partial charge in [-0.05, 0) is 32.2 Å². The number of carbonyl (C=O) groups excluding carboxylic acids is 1. The third kappa shape index (κ3) is 3.93. The van der Waals surface area contributed by atoms with E-state index >= 15 is 0 Å². The van der Waals surface area contributed by atoms with Crippen LogP contribution in [-0.4, -0.2) is 49.2 Å². The molecule has 1 saturated carbocycles. The van der Waals surface area contributed by atoms with Gasteiger partial charge < -0.3 is 15.0 Å².